The second kappa shape index (κ2) is 6.65. The fourth-order valence-electron chi connectivity index (χ4n) is 0.767. The first kappa shape index (κ1) is 13.2. The topological polar surface area (TPSA) is 58.6 Å². The van der Waals surface area contributed by atoms with Crippen LogP contribution in [0.4, 0.5) is 4.79 Å². The SMILES string of the molecule is CC(C)(C)CNC(=O)OCCCCO. The van der Waals surface area contributed by atoms with Gasteiger partial charge in [0.15, 0.2) is 0 Å². The molecule has 14 heavy (non-hydrogen) atoms. The third kappa shape index (κ3) is 9.32. The Hall–Kier alpha value is -0.770. The number of aliphatic hydroxyl groups is 1. The number of amides is 1. The molecule has 0 fully saturated rings. The number of rotatable bonds is 5. The molecular formula is C10H21NO3. The van der Waals surface area contributed by atoms with Crippen LogP contribution >= 0.6 is 0 Å². The molecular weight excluding hydrogens is 182 g/mol. The Morgan fingerprint density at radius 3 is 2.50 bits per heavy atom. The number of unbranched alkanes of at least 4 members (excludes halogenated alkanes) is 1. The van der Waals surface area contributed by atoms with E-state index in [-0.39, 0.29) is 18.1 Å². The maximum absolute atomic E-state index is 11.1. The van der Waals surface area contributed by atoms with Crippen molar-refractivity contribution in [2.24, 2.45) is 5.41 Å². The highest BCUT2D eigenvalue weighted by atomic mass is 16.5. The molecule has 0 aliphatic carbocycles. The molecule has 2 N–H and O–H groups in total. The van der Waals surface area contributed by atoms with Crippen molar-refractivity contribution in [3.63, 3.8) is 0 Å². The average molecular weight is 203 g/mol. The van der Waals surface area contributed by atoms with E-state index in [1.165, 1.54) is 0 Å². The van der Waals surface area contributed by atoms with Gasteiger partial charge in [-0.25, -0.2) is 4.79 Å². The van der Waals surface area contributed by atoms with Gasteiger partial charge < -0.3 is 15.2 Å². The number of carbonyl (C=O) groups excluding carboxylic acids is 1. The lowest BCUT2D eigenvalue weighted by molar-refractivity contribution is 0.137. The molecule has 0 aliphatic rings. The molecule has 0 atom stereocenters. The number of carbonyl (C=O) groups is 1. The molecule has 0 spiro atoms. The van der Waals surface area contributed by atoms with Gasteiger partial charge in [0.05, 0.1) is 6.61 Å². The molecule has 0 rings (SSSR count). The van der Waals surface area contributed by atoms with Crippen molar-refractivity contribution in [1.29, 1.82) is 0 Å². The number of hydrogen-bond acceptors (Lipinski definition) is 3. The Bertz CT molecular complexity index is 163. The molecule has 0 bridgehead atoms. The number of aliphatic hydroxyl groups excluding tert-OH is 1. The summed E-state index contributed by atoms with van der Waals surface area (Å²) in [4.78, 5) is 11.1. The first-order valence-corrected chi connectivity index (χ1v) is 4.97. The maximum Gasteiger partial charge on any atom is 0.407 e. The lowest BCUT2D eigenvalue weighted by Crippen LogP contribution is -2.32. The zero-order valence-corrected chi connectivity index (χ0v) is 9.30. The Morgan fingerprint density at radius 2 is 2.00 bits per heavy atom. The maximum atomic E-state index is 11.1. The number of alkyl carbamates (subject to hydrolysis) is 1. The van der Waals surface area contributed by atoms with Crippen molar-refractivity contribution in [3.8, 4) is 0 Å². The Labute approximate surface area is 85.6 Å². The highest BCUT2D eigenvalue weighted by Crippen LogP contribution is 2.10. The van der Waals surface area contributed by atoms with Crippen molar-refractivity contribution >= 4 is 6.09 Å². The first-order valence-electron chi connectivity index (χ1n) is 4.97. The second-order valence-corrected chi connectivity index (χ2v) is 4.48. The van der Waals surface area contributed by atoms with Gasteiger partial charge in [-0.3, -0.25) is 0 Å². The van der Waals surface area contributed by atoms with Gasteiger partial charge in [0, 0.05) is 13.2 Å². The summed E-state index contributed by atoms with van der Waals surface area (Å²) in [6.45, 7) is 7.24. The van der Waals surface area contributed by atoms with Crippen LogP contribution in [0.2, 0.25) is 0 Å². The monoisotopic (exact) mass is 203 g/mol. The van der Waals surface area contributed by atoms with E-state index in [9.17, 15) is 4.79 Å². The smallest absolute Gasteiger partial charge is 0.407 e. The van der Waals surface area contributed by atoms with Crippen LogP contribution in [0.3, 0.4) is 0 Å². The molecule has 0 saturated carbocycles. The summed E-state index contributed by atoms with van der Waals surface area (Å²) in [6.07, 6.45) is 1.00. The van der Waals surface area contributed by atoms with Gasteiger partial charge in [-0.05, 0) is 18.3 Å². The van der Waals surface area contributed by atoms with Gasteiger partial charge in [-0.2, -0.15) is 0 Å². The Balaban J connectivity index is 3.38. The van der Waals surface area contributed by atoms with E-state index in [1.807, 2.05) is 20.8 Å². The fourth-order valence-corrected chi connectivity index (χ4v) is 0.767. The molecule has 0 aromatic rings. The van der Waals surface area contributed by atoms with Gasteiger partial charge in [0.25, 0.3) is 0 Å². The van der Waals surface area contributed by atoms with E-state index in [0.29, 0.717) is 26.0 Å². The minimum Gasteiger partial charge on any atom is -0.450 e. The lowest BCUT2D eigenvalue weighted by Gasteiger charge is -2.18. The third-order valence-corrected chi connectivity index (χ3v) is 1.55. The Morgan fingerprint density at radius 1 is 1.36 bits per heavy atom. The molecule has 4 nitrogen and oxygen atoms in total. The van der Waals surface area contributed by atoms with Crippen molar-refractivity contribution in [2.45, 2.75) is 33.6 Å². The van der Waals surface area contributed by atoms with Crippen molar-refractivity contribution in [3.05, 3.63) is 0 Å². The molecule has 4 heteroatoms. The van der Waals surface area contributed by atoms with Crippen LogP contribution in [0.5, 0.6) is 0 Å². The molecule has 0 unspecified atom stereocenters. The molecule has 0 radical (unpaired) electrons. The lowest BCUT2D eigenvalue weighted by atomic mass is 9.97. The van der Waals surface area contributed by atoms with E-state index in [4.69, 9.17) is 9.84 Å². The number of hydrogen-bond donors (Lipinski definition) is 2. The molecule has 0 saturated heterocycles. The number of ether oxygens (including phenoxy) is 1. The summed E-state index contributed by atoms with van der Waals surface area (Å²) in [6, 6.07) is 0. The van der Waals surface area contributed by atoms with Crippen molar-refractivity contribution in [1.82, 2.24) is 5.32 Å². The Kier molecular flexibility index (Phi) is 6.28. The van der Waals surface area contributed by atoms with E-state index in [2.05, 4.69) is 5.32 Å². The third-order valence-electron chi connectivity index (χ3n) is 1.55. The molecule has 0 heterocycles. The average Bonchev–Trinajstić information content (AvgIpc) is 2.08. The van der Waals surface area contributed by atoms with Crippen LogP contribution in [0.25, 0.3) is 0 Å². The predicted octanol–water partition coefficient (Wildman–Crippen LogP) is 1.53. The predicted molar refractivity (Wildman–Crippen MR) is 55.1 cm³/mol. The van der Waals surface area contributed by atoms with Gasteiger partial charge in [0.2, 0.25) is 0 Å². The quantitative estimate of drug-likeness (QED) is 0.666. The van der Waals surface area contributed by atoms with Gasteiger partial charge in [-0.1, -0.05) is 20.8 Å². The van der Waals surface area contributed by atoms with E-state index >= 15 is 0 Å². The molecule has 84 valence electrons. The molecule has 0 aromatic carbocycles. The highest BCUT2D eigenvalue weighted by molar-refractivity contribution is 5.67. The summed E-state index contributed by atoms with van der Waals surface area (Å²) >= 11 is 0. The van der Waals surface area contributed by atoms with Crippen LogP contribution in [0, 0.1) is 5.41 Å². The van der Waals surface area contributed by atoms with Crippen LogP contribution in [-0.2, 0) is 4.74 Å². The van der Waals surface area contributed by atoms with E-state index < -0.39 is 0 Å². The minimum atomic E-state index is -0.377. The standard InChI is InChI=1S/C10H21NO3/c1-10(2,3)8-11-9(13)14-7-5-4-6-12/h12H,4-8H2,1-3H3,(H,11,13). The summed E-state index contributed by atoms with van der Waals surface area (Å²) in [5.74, 6) is 0. The first-order chi connectivity index (χ1) is 6.45. The number of nitrogens with one attached hydrogen (secondary N) is 1. The summed E-state index contributed by atoms with van der Waals surface area (Å²) in [5.41, 5.74) is 0.0735. The van der Waals surface area contributed by atoms with Crippen LogP contribution in [0.1, 0.15) is 33.6 Å². The molecule has 0 aliphatic heterocycles. The van der Waals surface area contributed by atoms with Gasteiger partial charge in [0.1, 0.15) is 0 Å². The summed E-state index contributed by atoms with van der Waals surface area (Å²) in [5, 5.41) is 11.2. The minimum absolute atomic E-state index is 0.0735. The zero-order chi connectivity index (χ0) is 11.0. The van der Waals surface area contributed by atoms with Crippen molar-refractivity contribution in [2.75, 3.05) is 19.8 Å². The van der Waals surface area contributed by atoms with E-state index in [1.54, 1.807) is 0 Å². The van der Waals surface area contributed by atoms with Gasteiger partial charge >= 0.3 is 6.09 Å². The van der Waals surface area contributed by atoms with E-state index in [0.717, 1.165) is 0 Å². The van der Waals surface area contributed by atoms with Crippen LogP contribution < -0.4 is 5.32 Å². The summed E-state index contributed by atoms with van der Waals surface area (Å²) < 4.78 is 4.88. The molecule has 1 amide bonds. The van der Waals surface area contributed by atoms with Gasteiger partial charge in [-0.15, -0.1) is 0 Å². The largest absolute Gasteiger partial charge is 0.450 e. The normalized spacial score (nSPS) is 11.1. The second-order valence-electron chi connectivity index (χ2n) is 4.48. The fraction of sp³-hybridized carbons (Fsp3) is 0.900. The molecule has 0 aromatic heterocycles. The summed E-state index contributed by atoms with van der Waals surface area (Å²) in [7, 11) is 0. The van der Waals surface area contributed by atoms with Crippen LogP contribution in [-0.4, -0.2) is 31.0 Å². The zero-order valence-electron chi connectivity index (χ0n) is 9.30. The van der Waals surface area contributed by atoms with Crippen LogP contribution in [0.15, 0.2) is 0 Å². The highest BCUT2D eigenvalue weighted by Gasteiger charge is 2.11. The van der Waals surface area contributed by atoms with Crippen molar-refractivity contribution < 1.29 is 14.6 Å².